The van der Waals surface area contributed by atoms with Crippen molar-refractivity contribution < 1.29 is 14.3 Å². The van der Waals surface area contributed by atoms with Gasteiger partial charge in [-0.05, 0) is 50.6 Å². The number of aromatic nitrogens is 1. The number of amides is 1. The summed E-state index contributed by atoms with van der Waals surface area (Å²) in [4.78, 5) is 34.5. The maximum atomic E-state index is 13.8. The van der Waals surface area contributed by atoms with Crippen molar-refractivity contribution in [1.29, 1.82) is 0 Å². The lowest BCUT2D eigenvalue weighted by molar-refractivity contribution is -0.127. The number of rotatable bonds is 8. The molecule has 2 heterocycles. The Balaban J connectivity index is 1.90. The van der Waals surface area contributed by atoms with Crippen LogP contribution < -0.4 is 24.4 Å². The van der Waals surface area contributed by atoms with E-state index in [1.54, 1.807) is 16.6 Å². The normalized spacial score (nSPS) is 15.0. The third-order valence-electron chi connectivity index (χ3n) is 6.24. The van der Waals surface area contributed by atoms with Crippen LogP contribution >= 0.6 is 11.3 Å². The minimum atomic E-state index is -0.665. The molecule has 3 aromatic rings. The number of hydrogen-bond donors (Lipinski definition) is 0. The van der Waals surface area contributed by atoms with E-state index < -0.39 is 6.04 Å². The van der Waals surface area contributed by atoms with Crippen molar-refractivity contribution in [2.75, 3.05) is 26.8 Å². The van der Waals surface area contributed by atoms with Crippen molar-refractivity contribution in [3.05, 3.63) is 90.6 Å². The lowest BCUT2D eigenvalue weighted by Crippen LogP contribution is -2.43. The lowest BCUT2D eigenvalue weighted by Gasteiger charge is -2.29. The Kier molecular flexibility index (Phi) is 7.95. The second-order valence-electron chi connectivity index (χ2n) is 8.36. The van der Waals surface area contributed by atoms with Crippen molar-refractivity contribution in [2.45, 2.75) is 26.8 Å². The summed E-state index contributed by atoms with van der Waals surface area (Å²) in [5.41, 5.74) is 2.42. The number of fused-ring (bicyclic) bond motifs is 1. The minimum absolute atomic E-state index is 0.140. The summed E-state index contributed by atoms with van der Waals surface area (Å²) in [6, 6.07) is 14.2. The van der Waals surface area contributed by atoms with Gasteiger partial charge in [0, 0.05) is 18.7 Å². The largest absolute Gasteiger partial charge is 0.496 e. The molecule has 1 aliphatic rings. The van der Waals surface area contributed by atoms with Gasteiger partial charge in [0.15, 0.2) is 4.80 Å². The average Bonchev–Trinajstić information content (AvgIpc) is 3.22. The zero-order valence-electron chi connectivity index (χ0n) is 21.4. The highest BCUT2D eigenvalue weighted by atomic mass is 32.1. The minimum Gasteiger partial charge on any atom is -0.496 e. The van der Waals surface area contributed by atoms with Crippen LogP contribution in [0.3, 0.4) is 0 Å². The zero-order chi connectivity index (χ0) is 26.5. The van der Waals surface area contributed by atoms with Gasteiger partial charge in [-0.1, -0.05) is 47.6 Å². The van der Waals surface area contributed by atoms with Gasteiger partial charge in [-0.25, -0.2) is 4.99 Å². The van der Waals surface area contributed by atoms with E-state index in [1.807, 2.05) is 75.4 Å². The van der Waals surface area contributed by atoms with E-state index in [1.165, 1.54) is 11.3 Å². The van der Waals surface area contributed by atoms with Gasteiger partial charge in [0.1, 0.15) is 24.1 Å². The van der Waals surface area contributed by atoms with Gasteiger partial charge < -0.3 is 14.4 Å². The quantitative estimate of drug-likeness (QED) is 0.432. The Morgan fingerprint density at radius 3 is 2.54 bits per heavy atom. The number of para-hydroxylation sites is 1. The molecule has 0 saturated heterocycles. The first kappa shape index (κ1) is 26.0. The van der Waals surface area contributed by atoms with Gasteiger partial charge in [-0.3, -0.25) is 14.2 Å². The van der Waals surface area contributed by atoms with Gasteiger partial charge >= 0.3 is 0 Å². The fourth-order valence-electron chi connectivity index (χ4n) is 4.40. The van der Waals surface area contributed by atoms with Crippen LogP contribution in [0.15, 0.2) is 69.6 Å². The summed E-state index contributed by atoms with van der Waals surface area (Å²) in [6.07, 6.45) is 7.07. The number of nitrogens with zero attached hydrogens (tertiary/aromatic N) is 3. The molecular formula is C29H29N3O4S. The Morgan fingerprint density at radius 2 is 1.89 bits per heavy atom. The summed E-state index contributed by atoms with van der Waals surface area (Å²) in [7, 11) is 1.59. The van der Waals surface area contributed by atoms with Gasteiger partial charge in [-0.15, -0.1) is 6.42 Å². The molecule has 7 nitrogen and oxygen atoms in total. The summed E-state index contributed by atoms with van der Waals surface area (Å²) in [5.74, 6) is 3.55. The molecular weight excluding hydrogens is 486 g/mol. The molecule has 1 aliphatic heterocycles. The predicted octanol–water partition coefficient (Wildman–Crippen LogP) is 3.12. The molecule has 37 heavy (non-hydrogen) atoms. The summed E-state index contributed by atoms with van der Waals surface area (Å²) in [5, 5.41) is 0. The molecule has 0 saturated carbocycles. The average molecular weight is 516 g/mol. The summed E-state index contributed by atoms with van der Waals surface area (Å²) >= 11 is 1.29. The molecule has 1 aromatic heterocycles. The summed E-state index contributed by atoms with van der Waals surface area (Å²) in [6.45, 7) is 6.99. The SMILES string of the molecule is C#CCOc1ccc(/C=c2/sc3n(c2=O)[C@H](c2ccccc2OC)C(C(=O)N(CC)CC)=C(C)N=3)cc1. The predicted molar refractivity (Wildman–Crippen MR) is 145 cm³/mol. The van der Waals surface area contributed by atoms with E-state index in [2.05, 4.69) is 5.92 Å². The Labute approximate surface area is 220 Å². The molecule has 4 rings (SSSR count). The van der Waals surface area contributed by atoms with Crippen LogP contribution in [0.25, 0.3) is 6.08 Å². The second-order valence-corrected chi connectivity index (χ2v) is 9.37. The lowest BCUT2D eigenvalue weighted by atomic mass is 9.94. The van der Waals surface area contributed by atoms with Gasteiger partial charge in [0.2, 0.25) is 0 Å². The molecule has 0 N–H and O–H groups in total. The van der Waals surface area contributed by atoms with Crippen LogP contribution in [0.2, 0.25) is 0 Å². The van der Waals surface area contributed by atoms with E-state index >= 15 is 0 Å². The molecule has 8 heteroatoms. The van der Waals surface area contributed by atoms with Crippen LogP contribution in [0.5, 0.6) is 11.5 Å². The number of likely N-dealkylation sites (N-methyl/N-ethyl adjacent to an activating group) is 1. The fraction of sp³-hybridized carbons (Fsp3) is 0.276. The van der Waals surface area contributed by atoms with E-state index in [4.69, 9.17) is 20.9 Å². The molecule has 0 radical (unpaired) electrons. The van der Waals surface area contributed by atoms with Crippen LogP contribution in [-0.2, 0) is 4.79 Å². The van der Waals surface area contributed by atoms with Crippen molar-refractivity contribution in [3.8, 4) is 23.8 Å². The molecule has 0 bridgehead atoms. The highest BCUT2D eigenvalue weighted by Gasteiger charge is 2.35. The number of thiazole rings is 1. The molecule has 190 valence electrons. The molecule has 1 atom stereocenters. The molecule has 0 unspecified atom stereocenters. The number of carbonyl (C=O) groups is 1. The zero-order valence-corrected chi connectivity index (χ0v) is 22.2. The highest BCUT2D eigenvalue weighted by molar-refractivity contribution is 7.07. The van der Waals surface area contributed by atoms with Crippen LogP contribution in [-0.4, -0.2) is 42.2 Å². The number of ether oxygens (including phenoxy) is 2. The maximum absolute atomic E-state index is 13.8. The van der Waals surface area contributed by atoms with Crippen LogP contribution in [0.1, 0.15) is 37.9 Å². The van der Waals surface area contributed by atoms with E-state index in [9.17, 15) is 9.59 Å². The first-order chi connectivity index (χ1) is 17.9. The van der Waals surface area contributed by atoms with Crippen molar-refractivity contribution in [2.24, 2.45) is 4.99 Å². The molecule has 2 aromatic carbocycles. The van der Waals surface area contributed by atoms with E-state index in [0.29, 0.717) is 45.2 Å². The van der Waals surface area contributed by atoms with Crippen LogP contribution in [0.4, 0.5) is 0 Å². The Bertz CT molecular complexity index is 1550. The van der Waals surface area contributed by atoms with Crippen LogP contribution in [0, 0.1) is 12.3 Å². The summed E-state index contributed by atoms with van der Waals surface area (Å²) < 4.78 is 13.2. The van der Waals surface area contributed by atoms with Crippen molar-refractivity contribution in [3.63, 3.8) is 0 Å². The van der Waals surface area contributed by atoms with Crippen molar-refractivity contribution >= 4 is 23.3 Å². The fourth-order valence-corrected chi connectivity index (χ4v) is 5.45. The second kappa shape index (κ2) is 11.3. The molecule has 0 fully saturated rings. The van der Waals surface area contributed by atoms with Gasteiger partial charge in [-0.2, -0.15) is 0 Å². The number of benzene rings is 2. The van der Waals surface area contributed by atoms with Crippen molar-refractivity contribution in [1.82, 2.24) is 9.47 Å². The third kappa shape index (κ3) is 5.09. The molecule has 1 amide bonds. The number of carbonyl (C=O) groups excluding carboxylic acids is 1. The Morgan fingerprint density at radius 1 is 1.19 bits per heavy atom. The van der Waals surface area contributed by atoms with E-state index in [-0.39, 0.29) is 18.1 Å². The first-order valence-corrected chi connectivity index (χ1v) is 12.9. The topological polar surface area (TPSA) is 73.1 Å². The first-order valence-electron chi connectivity index (χ1n) is 12.0. The van der Waals surface area contributed by atoms with Gasteiger partial charge in [0.25, 0.3) is 11.5 Å². The number of allylic oxidation sites excluding steroid dienone is 1. The molecule has 0 spiro atoms. The third-order valence-corrected chi connectivity index (χ3v) is 7.22. The number of hydrogen-bond acceptors (Lipinski definition) is 6. The monoisotopic (exact) mass is 515 g/mol. The number of terminal acetylenes is 1. The van der Waals surface area contributed by atoms with E-state index in [0.717, 1.165) is 11.1 Å². The Hall–Kier alpha value is -4.09. The smallest absolute Gasteiger partial charge is 0.271 e. The van der Waals surface area contributed by atoms with Gasteiger partial charge in [0.05, 0.1) is 22.9 Å². The standard InChI is InChI=1S/C29H29N3O4S/c1-6-17-36-21-15-13-20(14-16-21)18-24-27(33)32-26(22-11-9-10-12-23(22)35-5)25(19(4)30-29(32)37-24)28(34)31(7-2)8-3/h1,9-16,18,26H,7-8,17H2,2-5H3/b24-18+/t26-/m1/s1. The molecule has 0 aliphatic carbocycles. The number of methoxy groups -OCH3 is 1. The highest BCUT2D eigenvalue weighted by Crippen LogP contribution is 2.36. The maximum Gasteiger partial charge on any atom is 0.271 e.